The lowest BCUT2D eigenvalue weighted by atomic mass is 10.1. The number of thiophene rings is 1. The van der Waals surface area contributed by atoms with E-state index in [0.29, 0.717) is 24.3 Å². The Bertz CT molecular complexity index is 1170. The van der Waals surface area contributed by atoms with Crippen LogP contribution in [0.3, 0.4) is 0 Å². The lowest BCUT2D eigenvalue weighted by Crippen LogP contribution is -2.49. The van der Waals surface area contributed by atoms with Gasteiger partial charge in [0.1, 0.15) is 9.96 Å². The van der Waals surface area contributed by atoms with Crippen LogP contribution in [0.2, 0.25) is 0 Å². The standard InChI is InChI=1S/C24H27N3O4S2/c1-31-22-9-7-19(8-10-22)11-12-26-13-15-27(16-14-26)24(28)20-4-2-5-21(18-20)25-33(29,30)23-6-3-17-32-23/h2-10,17-18,25H,11-16H2,1H3. The number of anilines is 1. The molecule has 174 valence electrons. The average Bonchev–Trinajstić information content (AvgIpc) is 3.39. The molecule has 9 heteroatoms. The molecule has 0 radical (unpaired) electrons. The van der Waals surface area contributed by atoms with Gasteiger partial charge in [0.05, 0.1) is 7.11 Å². The molecule has 1 saturated heterocycles. The minimum absolute atomic E-state index is 0.0815. The second-order valence-electron chi connectivity index (χ2n) is 7.85. The number of carbonyl (C=O) groups is 1. The summed E-state index contributed by atoms with van der Waals surface area (Å²) in [7, 11) is -1.99. The molecular weight excluding hydrogens is 458 g/mol. The summed E-state index contributed by atoms with van der Waals surface area (Å²) in [6.45, 7) is 3.85. The smallest absolute Gasteiger partial charge is 0.271 e. The molecule has 0 spiro atoms. The van der Waals surface area contributed by atoms with Crippen LogP contribution in [-0.2, 0) is 16.4 Å². The van der Waals surface area contributed by atoms with Gasteiger partial charge in [0.2, 0.25) is 0 Å². The second kappa shape index (κ2) is 10.4. The van der Waals surface area contributed by atoms with E-state index in [1.54, 1.807) is 48.9 Å². The van der Waals surface area contributed by atoms with Gasteiger partial charge in [0.25, 0.3) is 15.9 Å². The van der Waals surface area contributed by atoms with Crippen molar-refractivity contribution >= 4 is 33.0 Å². The first-order valence-corrected chi connectivity index (χ1v) is 13.1. The minimum Gasteiger partial charge on any atom is -0.497 e. The van der Waals surface area contributed by atoms with Gasteiger partial charge in [-0.2, -0.15) is 0 Å². The third-order valence-corrected chi connectivity index (χ3v) is 8.44. The quantitative estimate of drug-likeness (QED) is 0.528. The molecule has 2 heterocycles. The Morgan fingerprint density at radius 2 is 1.79 bits per heavy atom. The number of nitrogens with one attached hydrogen (secondary N) is 1. The molecule has 1 aromatic heterocycles. The molecular formula is C24H27N3O4S2. The number of hydrogen-bond acceptors (Lipinski definition) is 6. The predicted molar refractivity (Wildman–Crippen MR) is 131 cm³/mol. The molecule has 4 rings (SSSR count). The van der Waals surface area contributed by atoms with Crippen molar-refractivity contribution in [2.45, 2.75) is 10.6 Å². The molecule has 2 aromatic carbocycles. The largest absolute Gasteiger partial charge is 0.497 e. The summed E-state index contributed by atoms with van der Waals surface area (Å²) in [6, 6.07) is 18.0. The zero-order valence-corrected chi connectivity index (χ0v) is 20.1. The van der Waals surface area contributed by atoms with E-state index >= 15 is 0 Å². The number of carbonyl (C=O) groups excluding carboxylic acids is 1. The normalized spacial score (nSPS) is 14.8. The van der Waals surface area contributed by atoms with E-state index in [1.807, 2.05) is 17.0 Å². The predicted octanol–water partition coefficient (Wildman–Crippen LogP) is 3.56. The summed E-state index contributed by atoms with van der Waals surface area (Å²) in [5.74, 6) is 0.774. The second-order valence-corrected chi connectivity index (χ2v) is 10.7. The van der Waals surface area contributed by atoms with Crippen molar-refractivity contribution in [1.82, 2.24) is 9.80 Å². The Labute approximate surface area is 198 Å². The molecule has 0 aliphatic carbocycles. The Balaban J connectivity index is 1.30. The zero-order chi connectivity index (χ0) is 23.3. The van der Waals surface area contributed by atoms with Crippen molar-refractivity contribution in [2.75, 3.05) is 44.6 Å². The highest BCUT2D eigenvalue weighted by molar-refractivity contribution is 7.94. The summed E-state index contributed by atoms with van der Waals surface area (Å²) in [4.78, 5) is 17.2. The fraction of sp³-hybridized carbons (Fsp3) is 0.292. The van der Waals surface area contributed by atoms with Crippen LogP contribution in [0, 0.1) is 0 Å². The SMILES string of the molecule is COc1ccc(CCN2CCN(C(=O)c3cccc(NS(=O)(=O)c4cccs4)c3)CC2)cc1. The number of methoxy groups -OCH3 is 1. The van der Waals surface area contributed by atoms with Gasteiger partial charge < -0.3 is 9.64 Å². The molecule has 33 heavy (non-hydrogen) atoms. The molecule has 0 atom stereocenters. The molecule has 0 bridgehead atoms. The number of nitrogens with zero attached hydrogens (tertiary/aromatic N) is 2. The van der Waals surface area contributed by atoms with Crippen LogP contribution in [0.5, 0.6) is 5.75 Å². The number of piperazine rings is 1. The number of sulfonamides is 1. The average molecular weight is 486 g/mol. The lowest BCUT2D eigenvalue weighted by Gasteiger charge is -2.34. The van der Waals surface area contributed by atoms with Crippen molar-refractivity contribution in [3.8, 4) is 5.75 Å². The third-order valence-electron chi connectivity index (χ3n) is 5.66. The molecule has 1 N–H and O–H groups in total. The van der Waals surface area contributed by atoms with Crippen LogP contribution in [0.4, 0.5) is 5.69 Å². The molecule has 1 amide bonds. The first kappa shape index (κ1) is 23.3. The van der Waals surface area contributed by atoms with E-state index in [2.05, 4.69) is 21.8 Å². The van der Waals surface area contributed by atoms with Crippen molar-refractivity contribution in [1.29, 1.82) is 0 Å². The lowest BCUT2D eigenvalue weighted by molar-refractivity contribution is 0.0638. The van der Waals surface area contributed by atoms with E-state index in [4.69, 9.17) is 4.74 Å². The highest BCUT2D eigenvalue weighted by Crippen LogP contribution is 2.21. The van der Waals surface area contributed by atoms with E-state index in [-0.39, 0.29) is 10.1 Å². The van der Waals surface area contributed by atoms with Crippen LogP contribution < -0.4 is 9.46 Å². The van der Waals surface area contributed by atoms with Crippen LogP contribution in [0.1, 0.15) is 15.9 Å². The number of rotatable bonds is 8. The summed E-state index contributed by atoms with van der Waals surface area (Å²) in [5, 5.41) is 1.71. The van der Waals surface area contributed by atoms with Gasteiger partial charge in [0.15, 0.2) is 0 Å². The third kappa shape index (κ3) is 5.93. The Morgan fingerprint density at radius 1 is 1.03 bits per heavy atom. The fourth-order valence-electron chi connectivity index (χ4n) is 3.77. The highest BCUT2D eigenvalue weighted by Gasteiger charge is 2.23. The molecule has 1 aliphatic rings. The topological polar surface area (TPSA) is 79.0 Å². The summed E-state index contributed by atoms with van der Waals surface area (Å²) in [5.41, 5.74) is 2.12. The van der Waals surface area contributed by atoms with Gasteiger partial charge >= 0.3 is 0 Å². The van der Waals surface area contributed by atoms with Crippen molar-refractivity contribution in [3.63, 3.8) is 0 Å². The molecule has 3 aromatic rings. The van der Waals surface area contributed by atoms with Gasteiger partial charge in [-0.1, -0.05) is 24.3 Å². The number of hydrogen-bond donors (Lipinski definition) is 1. The van der Waals surface area contributed by atoms with E-state index in [0.717, 1.165) is 43.1 Å². The van der Waals surface area contributed by atoms with Crippen molar-refractivity contribution in [2.24, 2.45) is 0 Å². The van der Waals surface area contributed by atoms with Crippen molar-refractivity contribution < 1.29 is 17.9 Å². The highest BCUT2D eigenvalue weighted by atomic mass is 32.2. The Morgan fingerprint density at radius 3 is 2.45 bits per heavy atom. The Hall–Kier alpha value is -2.88. The first-order valence-electron chi connectivity index (χ1n) is 10.8. The zero-order valence-electron chi connectivity index (χ0n) is 18.4. The fourth-order valence-corrected chi connectivity index (χ4v) is 5.82. The van der Waals surface area contributed by atoms with E-state index < -0.39 is 10.0 Å². The maximum atomic E-state index is 13.0. The number of amides is 1. The van der Waals surface area contributed by atoms with Gasteiger partial charge in [-0.05, 0) is 53.8 Å². The maximum Gasteiger partial charge on any atom is 0.271 e. The number of benzene rings is 2. The van der Waals surface area contributed by atoms with Crippen LogP contribution >= 0.6 is 11.3 Å². The van der Waals surface area contributed by atoms with Crippen LogP contribution in [0.25, 0.3) is 0 Å². The first-order chi connectivity index (χ1) is 15.9. The van der Waals surface area contributed by atoms with Gasteiger partial charge in [-0.25, -0.2) is 8.42 Å². The Kier molecular flexibility index (Phi) is 7.32. The van der Waals surface area contributed by atoms with Gasteiger partial charge in [-0.3, -0.25) is 14.4 Å². The maximum absolute atomic E-state index is 13.0. The van der Waals surface area contributed by atoms with Crippen molar-refractivity contribution in [3.05, 3.63) is 77.2 Å². The van der Waals surface area contributed by atoms with Gasteiger partial charge in [-0.15, -0.1) is 11.3 Å². The summed E-state index contributed by atoms with van der Waals surface area (Å²) >= 11 is 1.15. The van der Waals surface area contributed by atoms with E-state index in [1.165, 1.54) is 5.56 Å². The van der Waals surface area contributed by atoms with Crippen LogP contribution in [0.15, 0.2) is 70.3 Å². The summed E-state index contributed by atoms with van der Waals surface area (Å²) < 4.78 is 32.9. The molecule has 7 nitrogen and oxygen atoms in total. The molecule has 1 aliphatic heterocycles. The number of ether oxygens (including phenoxy) is 1. The van der Waals surface area contributed by atoms with Crippen LogP contribution in [-0.4, -0.2) is 64.0 Å². The monoisotopic (exact) mass is 485 g/mol. The molecule has 0 unspecified atom stereocenters. The summed E-state index contributed by atoms with van der Waals surface area (Å²) in [6.07, 6.45) is 0.949. The molecule has 1 fully saturated rings. The minimum atomic E-state index is -3.65. The van der Waals surface area contributed by atoms with Gasteiger partial charge in [0, 0.05) is 44.0 Å². The van der Waals surface area contributed by atoms with E-state index in [9.17, 15) is 13.2 Å². The molecule has 0 saturated carbocycles.